The molecule has 3 N–H and O–H groups in total. The number of aromatic hydroxyl groups is 1. The van der Waals surface area contributed by atoms with Gasteiger partial charge in [0.2, 0.25) is 0 Å². The van der Waals surface area contributed by atoms with E-state index >= 15 is 0 Å². The van der Waals surface area contributed by atoms with Gasteiger partial charge in [0, 0.05) is 5.02 Å². The summed E-state index contributed by atoms with van der Waals surface area (Å²) in [4.78, 5) is 0. The smallest absolute Gasteiger partial charge is 0.482 e. The second kappa shape index (κ2) is 6.03. The van der Waals surface area contributed by atoms with Crippen molar-refractivity contribution in [3.8, 4) is 5.75 Å². The minimum atomic E-state index is 0. The number of benzene rings is 1. The predicted molar refractivity (Wildman–Crippen MR) is 43.3 cm³/mol. The van der Waals surface area contributed by atoms with Crippen molar-refractivity contribution in [3.63, 3.8) is 0 Å². The lowest BCUT2D eigenvalue weighted by Gasteiger charge is -1.88. The Morgan fingerprint density at radius 3 is 2.09 bits per heavy atom. The van der Waals surface area contributed by atoms with E-state index in [1.54, 1.807) is 18.2 Å². The summed E-state index contributed by atoms with van der Waals surface area (Å²) >= 11 is 5.48. The van der Waals surface area contributed by atoms with Gasteiger partial charge in [0.25, 0.3) is 0 Å². The van der Waals surface area contributed by atoms with Crippen molar-refractivity contribution >= 4 is 19.3 Å². The van der Waals surface area contributed by atoms with Crippen LogP contribution in [0, 0.1) is 0 Å². The highest BCUT2D eigenvalue weighted by atomic mass is 35.5. The van der Waals surface area contributed by atoms with E-state index in [4.69, 9.17) is 26.8 Å². The van der Waals surface area contributed by atoms with Crippen LogP contribution in [0.4, 0.5) is 0 Å². The zero-order valence-electron chi connectivity index (χ0n) is 5.61. The highest BCUT2D eigenvalue weighted by Crippen LogP contribution is 2.14. The molecule has 5 heteroatoms. The Hall–Kier alpha value is -0.705. The maximum Gasteiger partial charge on any atom is 0.482 e. The van der Waals surface area contributed by atoms with Gasteiger partial charge in [-0.2, -0.15) is 0 Å². The van der Waals surface area contributed by atoms with Gasteiger partial charge in [-0.15, -0.1) is 0 Å². The highest BCUT2D eigenvalue weighted by molar-refractivity contribution is 6.30. The van der Waals surface area contributed by atoms with Crippen molar-refractivity contribution in [3.05, 3.63) is 29.3 Å². The molecule has 0 unspecified atom stereocenters. The molecule has 1 radical (unpaired) electrons. The summed E-state index contributed by atoms with van der Waals surface area (Å²) in [5, 5.41) is 23.3. The molecule has 0 aliphatic rings. The zero-order valence-corrected chi connectivity index (χ0v) is 6.36. The molecule has 1 rings (SSSR count). The first-order valence-electron chi connectivity index (χ1n) is 2.75. The second-order valence-corrected chi connectivity index (χ2v) is 2.03. The third-order valence-corrected chi connectivity index (χ3v) is 1.04. The van der Waals surface area contributed by atoms with Gasteiger partial charge in [0.05, 0.1) is 0 Å². The van der Waals surface area contributed by atoms with Crippen LogP contribution in [0.2, 0.25) is 5.02 Å². The van der Waals surface area contributed by atoms with Gasteiger partial charge < -0.3 is 15.2 Å². The first-order chi connectivity index (χ1) is 5.20. The van der Waals surface area contributed by atoms with Gasteiger partial charge in [0.15, 0.2) is 0 Å². The third kappa shape index (κ3) is 5.73. The number of hydrogen-bond donors (Lipinski definition) is 3. The lowest BCUT2D eigenvalue weighted by Crippen LogP contribution is -1.75. The SMILES string of the molecule is O[B]O.Oc1cccc(Cl)c1. The Labute approximate surface area is 70.2 Å². The molecular weight excluding hydrogens is 166 g/mol. The van der Waals surface area contributed by atoms with Crippen molar-refractivity contribution in [2.45, 2.75) is 0 Å². The fourth-order valence-electron chi connectivity index (χ4n) is 0.476. The number of halogens is 1. The normalized spacial score (nSPS) is 7.91. The Kier molecular flexibility index (Phi) is 5.65. The molecule has 0 aliphatic heterocycles. The summed E-state index contributed by atoms with van der Waals surface area (Å²) in [6.07, 6.45) is 0. The molecular formula is C6H7BClO3. The van der Waals surface area contributed by atoms with E-state index in [1.165, 1.54) is 6.07 Å². The van der Waals surface area contributed by atoms with Gasteiger partial charge in [-0.1, -0.05) is 17.7 Å². The van der Waals surface area contributed by atoms with E-state index in [-0.39, 0.29) is 13.4 Å². The summed E-state index contributed by atoms with van der Waals surface area (Å²) in [6, 6.07) is 6.46. The fourth-order valence-corrected chi connectivity index (χ4v) is 0.661. The molecule has 0 fully saturated rings. The number of phenols is 1. The molecule has 1 aromatic rings. The van der Waals surface area contributed by atoms with Crippen molar-refractivity contribution in [1.29, 1.82) is 0 Å². The average molecular weight is 173 g/mol. The van der Waals surface area contributed by atoms with Crippen LogP contribution >= 0.6 is 11.6 Å². The molecule has 0 spiro atoms. The van der Waals surface area contributed by atoms with E-state index < -0.39 is 0 Å². The summed E-state index contributed by atoms with van der Waals surface area (Å²) in [5.41, 5.74) is 0. The van der Waals surface area contributed by atoms with E-state index in [1.807, 2.05) is 0 Å². The maximum atomic E-state index is 8.73. The van der Waals surface area contributed by atoms with Crippen molar-refractivity contribution in [2.24, 2.45) is 0 Å². The van der Waals surface area contributed by atoms with Crippen LogP contribution in [-0.2, 0) is 0 Å². The van der Waals surface area contributed by atoms with E-state index in [0.717, 1.165) is 0 Å². The molecule has 0 saturated carbocycles. The summed E-state index contributed by atoms with van der Waals surface area (Å²) in [5.74, 6) is 0.206. The molecule has 11 heavy (non-hydrogen) atoms. The summed E-state index contributed by atoms with van der Waals surface area (Å²) in [6.45, 7) is 0. The van der Waals surface area contributed by atoms with Gasteiger partial charge in [-0.3, -0.25) is 0 Å². The topological polar surface area (TPSA) is 60.7 Å². The minimum absolute atomic E-state index is 0. The Morgan fingerprint density at radius 1 is 1.27 bits per heavy atom. The van der Waals surface area contributed by atoms with Crippen LogP contribution < -0.4 is 0 Å². The Balaban J connectivity index is 0.000000292. The van der Waals surface area contributed by atoms with Crippen molar-refractivity contribution in [1.82, 2.24) is 0 Å². The molecule has 1 aromatic carbocycles. The molecule has 0 saturated heterocycles. The standard InChI is InChI=1S/C6H5ClO.BH2O2/c7-5-2-1-3-6(8)4-5;2-1-3/h1-4,8H;2-3H. The third-order valence-electron chi connectivity index (χ3n) is 0.808. The Bertz CT molecular complexity index is 190. The van der Waals surface area contributed by atoms with Gasteiger partial charge >= 0.3 is 7.69 Å². The maximum absolute atomic E-state index is 8.73. The van der Waals surface area contributed by atoms with Gasteiger partial charge in [0.1, 0.15) is 5.75 Å². The van der Waals surface area contributed by atoms with Crippen LogP contribution in [0.25, 0.3) is 0 Å². The first kappa shape index (κ1) is 10.3. The van der Waals surface area contributed by atoms with E-state index in [0.29, 0.717) is 5.02 Å². The first-order valence-corrected chi connectivity index (χ1v) is 3.13. The lowest BCUT2D eigenvalue weighted by atomic mass is 10.3. The summed E-state index contributed by atoms with van der Waals surface area (Å²) < 4.78 is 0. The van der Waals surface area contributed by atoms with Crippen LogP contribution in [0.3, 0.4) is 0 Å². The summed E-state index contributed by atoms with van der Waals surface area (Å²) in [7, 11) is 0. The number of phenolic OH excluding ortho intramolecular Hbond substituents is 1. The Morgan fingerprint density at radius 2 is 1.82 bits per heavy atom. The van der Waals surface area contributed by atoms with Crippen LogP contribution in [0.1, 0.15) is 0 Å². The predicted octanol–water partition coefficient (Wildman–Crippen LogP) is 0.551. The fraction of sp³-hybridized carbons (Fsp3) is 0. The molecule has 0 heterocycles. The van der Waals surface area contributed by atoms with E-state index in [9.17, 15) is 0 Å². The van der Waals surface area contributed by atoms with Crippen molar-refractivity contribution < 1.29 is 15.2 Å². The lowest BCUT2D eigenvalue weighted by molar-refractivity contribution is 0.448. The molecule has 3 nitrogen and oxygen atoms in total. The molecule has 59 valence electrons. The molecule has 0 aliphatic carbocycles. The van der Waals surface area contributed by atoms with Gasteiger partial charge in [-0.05, 0) is 18.2 Å². The molecule has 0 aromatic heterocycles. The largest absolute Gasteiger partial charge is 0.508 e. The monoisotopic (exact) mass is 173 g/mol. The molecule has 0 bridgehead atoms. The van der Waals surface area contributed by atoms with Crippen molar-refractivity contribution in [2.75, 3.05) is 0 Å². The number of hydrogen-bond acceptors (Lipinski definition) is 3. The highest BCUT2D eigenvalue weighted by Gasteiger charge is 1.85. The zero-order chi connectivity index (χ0) is 8.69. The van der Waals surface area contributed by atoms with Crippen LogP contribution in [0.15, 0.2) is 24.3 Å². The van der Waals surface area contributed by atoms with Crippen LogP contribution in [0.5, 0.6) is 5.75 Å². The molecule has 0 amide bonds. The second-order valence-electron chi connectivity index (χ2n) is 1.60. The van der Waals surface area contributed by atoms with E-state index in [2.05, 4.69) is 0 Å². The quantitative estimate of drug-likeness (QED) is 0.502. The molecule has 0 atom stereocenters. The minimum Gasteiger partial charge on any atom is -0.508 e. The van der Waals surface area contributed by atoms with Gasteiger partial charge in [-0.25, -0.2) is 0 Å². The number of rotatable bonds is 0. The average Bonchev–Trinajstić information content (AvgIpc) is 1.88. The van der Waals surface area contributed by atoms with Crippen LogP contribution in [-0.4, -0.2) is 22.8 Å².